The molecule has 3 fully saturated rings. The molecule has 0 spiro atoms. The summed E-state index contributed by atoms with van der Waals surface area (Å²) < 4.78 is 10.9. The Balaban J connectivity index is 1.39. The van der Waals surface area contributed by atoms with Crippen molar-refractivity contribution in [2.24, 2.45) is 10.7 Å². The minimum absolute atomic E-state index is 0.175. The third-order valence-electron chi connectivity index (χ3n) is 5.37. The molecule has 3 aliphatic rings. The number of morpholine rings is 2. The fraction of sp³-hybridized carbons (Fsp3) is 0.941. The largest absolute Gasteiger partial charge is 0.379 e. The molecule has 0 amide bonds. The Kier molecular flexibility index (Phi) is 7.66. The lowest BCUT2D eigenvalue weighted by molar-refractivity contribution is -0.0104. The molecule has 0 aromatic heterocycles. The molecular formula is C17H33N5O2S. The van der Waals surface area contributed by atoms with E-state index in [1.165, 1.54) is 12.2 Å². The fourth-order valence-corrected chi connectivity index (χ4v) is 5.21. The third kappa shape index (κ3) is 5.72. The summed E-state index contributed by atoms with van der Waals surface area (Å²) in [5.41, 5.74) is 6.29. The molecule has 25 heavy (non-hydrogen) atoms. The maximum atomic E-state index is 6.11. The van der Waals surface area contributed by atoms with Gasteiger partial charge in [-0.15, -0.1) is 0 Å². The normalized spacial score (nSPS) is 29.8. The fourth-order valence-electron chi connectivity index (χ4n) is 3.74. The highest BCUT2D eigenvalue weighted by atomic mass is 32.2. The number of hydrogen-bond donors (Lipinski definition) is 2. The second-order valence-corrected chi connectivity index (χ2v) is 8.17. The van der Waals surface area contributed by atoms with Gasteiger partial charge in [-0.05, 0) is 25.1 Å². The summed E-state index contributed by atoms with van der Waals surface area (Å²) in [6.45, 7) is 10.3. The van der Waals surface area contributed by atoms with E-state index in [4.69, 9.17) is 20.2 Å². The number of nitrogens with zero attached hydrogens (tertiary/aromatic N) is 3. The highest BCUT2D eigenvalue weighted by molar-refractivity contribution is 7.99. The molecule has 3 heterocycles. The first-order valence-corrected chi connectivity index (χ1v) is 10.7. The van der Waals surface area contributed by atoms with Crippen LogP contribution in [0.3, 0.4) is 0 Å². The highest BCUT2D eigenvalue weighted by Gasteiger charge is 2.40. The van der Waals surface area contributed by atoms with E-state index in [1.54, 1.807) is 0 Å². The van der Waals surface area contributed by atoms with Gasteiger partial charge in [0.25, 0.3) is 0 Å². The molecule has 3 N–H and O–H groups in total. The number of ether oxygens (including phenoxy) is 2. The lowest BCUT2D eigenvalue weighted by Gasteiger charge is -2.42. The molecule has 7 nitrogen and oxygen atoms in total. The second-order valence-electron chi connectivity index (χ2n) is 7.06. The minimum atomic E-state index is 0.175. The average Bonchev–Trinajstić information content (AvgIpc) is 3.15. The highest BCUT2D eigenvalue weighted by Crippen LogP contribution is 2.34. The van der Waals surface area contributed by atoms with E-state index < -0.39 is 0 Å². The standard InChI is InChI=1S/C17H33N5O2S/c18-16(19-3-1-4-21-5-9-23-10-6-21)20-14-17(2-13-25-15-17)22-7-11-24-12-8-22/h1-15H2,(H3,18,19,20). The van der Waals surface area contributed by atoms with Crippen molar-refractivity contribution in [1.82, 2.24) is 15.1 Å². The summed E-state index contributed by atoms with van der Waals surface area (Å²) in [7, 11) is 0. The van der Waals surface area contributed by atoms with E-state index in [0.717, 1.165) is 84.4 Å². The van der Waals surface area contributed by atoms with Crippen molar-refractivity contribution in [2.45, 2.75) is 18.4 Å². The van der Waals surface area contributed by atoms with Gasteiger partial charge in [0.1, 0.15) is 0 Å². The van der Waals surface area contributed by atoms with Gasteiger partial charge < -0.3 is 20.5 Å². The molecule has 0 aromatic rings. The van der Waals surface area contributed by atoms with Crippen molar-refractivity contribution in [2.75, 3.05) is 83.7 Å². The van der Waals surface area contributed by atoms with Gasteiger partial charge in [0, 0.05) is 38.5 Å². The van der Waals surface area contributed by atoms with Crippen LogP contribution in [0, 0.1) is 0 Å². The lowest BCUT2D eigenvalue weighted by Crippen LogP contribution is -2.56. The number of aliphatic imine (C=N–C) groups is 1. The zero-order chi connectivity index (χ0) is 17.4. The lowest BCUT2D eigenvalue weighted by atomic mass is 9.96. The van der Waals surface area contributed by atoms with Gasteiger partial charge in [-0.25, -0.2) is 0 Å². The predicted molar refractivity (Wildman–Crippen MR) is 103 cm³/mol. The van der Waals surface area contributed by atoms with Crippen LogP contribution in [0.1, 0.15) is 12.8 Å². The maximum absolute atomic E-state index is 6.11. The van der Waals surface area contributed by atoms with Crippen LogP contribution in [-0.2, 0) is 9.47 Å². The first kappa shape index (κ1) is 19.2. The second kappa shape index (κ2) is 9.97. The Hall–Kier alpha value is -0.540. The first-order valence-electron chi connectivity index (χ1n) is 9.53. The van der Waals surface area contributed by atoms with Gasteiger partial charge in [0.2, 0.25) is 0 Å². The summed E-state index contributed by atoms with van der Waals surface area (Å²) in [4.78, 5) is 9.71. The van der Waals surface area contributed by atoms with Crippen molar-refractivity contribution in [3.8, 4) is 0 Å². The molecule has 0 saturated carbocycles. The minimum Gasteiger partial charge on any atom is -0.379 e. The molecule has 0 radical (unpaired) electrons. The number of hydrogen-bond acceptors (Lipinski definition) is 6. The molecule has 0 bridgehead atoms. The van der Waals surface area contributed by atoms with Crippen LogP contribution in [0.15, 0.2) is 4.99 Å². The quantitative estimate of drug-likeness (QED) is 0.365. The van der Waals surface area contributed by atoms with Crippen molar-refractivity contribution in [1.29, 1.82) is 0 Å². The molecule has 3 saturated heterocycles. The molecule has 144 valence electrons. The van der Waals surface area contributed by atoms with Crippen LogP contribution in [0.25, 0.3) is 0 Å². The number of thioether (sulfide) groups is 1. The summed E-state index contributed by atoms with van der Waals surface area (Å²) in [6.07, 6.45) is 2.28. The van der Waals surface area contributed by atoms with E-state index in [9.17, 15) is 0 Å². The zero-order valence-electron chi connectivity index (χ0n) is 15.3. The first-order chi connectivity index (χ1) is 12.3. The van der Waals surface area contributed by atoms with E-state index in [1.807, 2.05) is 11.8 Å². The molecule has 1 atom stereocenters. The van der Waals surface area contributed by atoms with Gasteiger partial charge in [-0.2, -0.15) is 11.8 Å². The van der Waals surface area contributed by atoms with Crippen LogP contribution in [0.2, 0.25) is 0 Å². The van der Waals surface area contributed by atoms with Crippen LogP contribution < -0.4 is 11.1 Å². The molecule has 0 aromatic carbocycles. The molecule has 0 aliphatic carbocycles. The molecule has 8 heteroatoms. The molecule has 3 rings (SSSR count). The summed E-state index contributed by atoms with van der Waals surface area (Å²) in [5.74, 6) is 2.96. The van der Waals surface area contributed by atoms with E-state index in [-0.39, 0.29) is 5.54 Å². The van der Waals surface area contributed by atoms with E-state index >= 15 is 0 Å². The Morgan fingerprint density at radius 2 is 1.84 bits per heavy atom. The van der Waals surface area contributed by atoms with Crippen molar-refractivity contribution in [3.05, 3.63) is 0 Å². The SMILES string of the molecule is NC(=NCC1(N2CCOCC2)CCSC1)NCCCN1CCOCC1. The summed E-state index contributed by atoms with van der Waals surface area (Å²) in [5, 5.41) is 3.29. The van der Waals surface area contributed by atoms with Crippen LogP contribution in [0.4, 0.5) is 0 Å². The number of nitrogens with one attached hydrogen (secondary N) is 1. The number of guanidine groups is 1. The molecular weight excluding hydrogens is 338 g/mol. The summed E-state index contributed by atoms with van der Waals surface area (Å²) >= 11 is 2.03. The Bertz CT molecular complexity index is 419. The van der Waals surface area contributed by atoms with Gasteiger partial charge in [0.15, 0.2) is 5.96 Å². The Morgan fingerprint density at radius 3 is 2.52 bits per heavy atom. The number of rotatable bonds is 7. The van der Waals surface area contributed by atoms with Crippen LogP contribution in [-0.4, -0.2) is 105 Å². The Morgan fingerprint density at radius 1 is 1.12 bits per heavy atom. The maximum Gasteiger partial charge on any atom is 0.188 e. The average molecular weight is 372 g/mol. The van der Waals surface area contributed by atoms with Gasteiger partial charge in [-0.1, -0.05) is 0 Å². The third-order valence-corrected chi connectivity index (χ3v) is 6.60. The predicted octanol–water partition coefficient (Wildman–Crippen LogP) is -0.179. The van der Waals surface area contributed by atoms with Gasteiger partial charge in [-0.3, -0.25) is 14.8 Å². The van der Waals surface area contributed by atoms with Crippen LogP contribution >= 0.6 is 11.8 Å². The van der Waals surface area contributed by atoms with Gasteiger partial charge in [0.05, 0.1) is 38.5 Å². The monoisotopic (exact) mass is 371 g/mol. The smallest absolute Gasteiger partial charge is 0.188 e. The van der Waals surface area contributed by atoms with Crippen molar-refractivity contribution in [3.63, 3.8) is 0 Å². The zero-order valence-corrected chi connectivity index (χ0v) is 16.1. The topological polar surface area (TPSA) is 75.3 Å². The van der Waals surface area contributed by atoms with Crippen molar-refractivity contribution < 1.29 is 9.47 Å². The van der Waals surface area contributed by atoms with Crippen molar-refractivity contribution >= 4 is 17.7 Å². The van der Waals surface area contributed by atoms with Gasteiger partial charge >= 0.3 is 0 Å². The van der Waals surface area contributed by atoms with Crippen LogP contribution in [0.5, 0.6) is 0 Å². The number of nitrogens with two attached hydrogens (primary N) is 1. The van der Waals surface area contributed by atoms with E-state index in [0.29, 0.717) is 5.96 Å². The Labute approximate surface area is 155 Å². The summed E-state index contributed by atoms with van der Waals surface area (Å²) in [6, 6.07) is 0. The molecule has 1 unspecified atom stereocenters. The van der Waals surface area contributed by atoms with E-state index in [2.05, 4.69) is 15.1 Å². The molecule has 3 aliphatic heterocycles.